The average molecular weight is 345 g/mol. The lowest BCUT2D eigenvalue weighted by Crippen LogP contribution is -2.24. The van der Waals surface area contributed by atoms with Crippen LogP contribution in [0.15, 0.2) is 47.6 Å². The Labute approximate surface area is 146 Å². The Morgan fingerprint density at radius 1 is 1.00 bits per heavy atom. The number of methoxy groups -OCH3 is 3. The zero-order valence-electron chi connectivity index (χ0n) is 13.7. The molecule has 7 heteroatoms. The number of hydrogen-bond acceptors (Lipinski definition) is 5. The van der Waals surface area contributed by atoms with Crippen molar-refractivity contribution in [1.29, 1.82) is 0 Å². The molecule has 0 aliphatic heterocycles. The van der Waals surface area contributed by atoms with Gasteiger partial charge in [-0.3, -0.25) is 5.43 Å². The van der Waals surface area contributed by atoms with E-state index in [9.17, 15) is 0 Å². The van der Waals surface area contributed by atoms with Crippen LogP contribution >= 0.6 is 12.2 Å². The number of rotatable bonds is 6. The highest BCUT2D eigenvalue weighted by Crippen LogP contribution is 2.23. The summed E-state index contributed by atoms with van der Waals surface area (Å²) in [6.45, 7) is 0. The molecule has 6 nitrogen and oxygen atoms in total. The smallest absolute Gasteiger partial charge is 0.191 e. The van der Waals surface area contributed by atoms with E-state index in [2.05, 4.69) is 15.8 Å². The van der Waals surface area contributed by atoms with E-state index in [0.29, 0.717) is 22.4 Å². The van der Waals surface area contributed by atoms with Gasteiger partial charge in [0, 0.05) is 11.6 Å². The van der Waals surface area contributed by atoms with Crippen LogP contribution < -0.4 is 25.0 Å². The molecule has 2 rings (SSSR count). The highest BCUT2D eigenvalue weighted by Gasteiger charge is 2.03. The first-order chi connectivity index (χ1) is 11.7. The molecule has 0 aliphatic rings. The second kappa shape index (κ2) is 8.73. The first kappa shape index (κ1) is 17.6. The van der Waals surface area contributed by atoms with Crippen molar-refractivity contribution in [3.05, 3.63) is 48.0 Å². The molecule has 0 saturated heterocycles. The Hall–Kier alpha value is -2.80. The molecule has 0 radical (unpaired) electrons. The predicted octanol–water partition coefficient (Wildman–Crippen LogP) is 3.03. The highest BCUT2D eigenvalue weighted by molar-refractivity contribution is 7.80. The van der Waals surface area contributed by atoms with Crippen molar-refractivity contribution in [2.75, 3.05) is 26.6 Å². The Kier molecular flexibility index (Phi) is 6.39. The van der Waals surface area contributed by atoms with Crippen molar-refractivity contribution in [3.8, 4) is 17.2 Å². The van der Waals surface area contributed by atoms with Gasteiger partial charge in [0.15, 0.2) is 5.11 Å². The van der Waals surface area contributed by atoms with E-state index >= 15 is 0 Å². The molecule has 0 saturated carbocycles. The Bertz CT molecular complexity index is 713. The zero-order valence-corrected chi connectivity index (χ0v) is 14.5. The molecule has 0 aliphatic carbocycles. The lowest BCUT2D eigenvalue weighted by atomic mass is 10.2. The number of hydrogen-bond donors (Lipinski definition) is 2. The van der Waals surface area contributed by atoms with Gasteiger partial charge in [-0.05, 0) is 36.5 Å². The summed E-state index contributed by atoms with van der Waals surface area (Å²) in [5.74, 6) is 2.07. The van der Waals surface area contributed by atoms with Gasteiger partial charge in [0.1, 0.15) is 17.2 Å². The van der Waals surface area contributed by atoms with Crippen LogP contribution in [0.2, 0.25) is 0 Å². The number of para-hydroxylation sites is 2. The molecule has 0 atom stereocenters. The van der Waals surface area contributed by atoms with Crippen LogP contribution in [-0.2, 0) is 0 Å². The maximum Gasteiger partial charge on any atom is 0.191 e. The van der Waals surface area contributed by atoms with Gasteiger partial charge in [-0.2, -0.15) is 5.10 Å². The zero-order chi connectivity index (χ0) is 17.4. The SMILES string of the molecule is COc1cc(/C=N/NC(=S)Nc2ccccc2OC)cc(OC)c1. The number of ether oxygens (including phenoxy) is 3. The van der Waals surface area contributed by atoms with Crippen molar-refractivity contribution in [2.45, 2.75) is 0 Å². The minimum atomic E-state index is 0.352. The lowest BCUT2D eigenvalue weighted by molar-refractivity contribution is 0.394. The molecule has 0 fully saturated rings. The number of nitrogens with zero attached hydrogens (tertiary/aromatic N) is 1. The van der Waals surface area contributed by atoms with Gasteiger partial charge in [-0.25, -0.2) is 0 Å². The highest BCUT2D eigenvalue weighted by atomic mass is 32.1. The van der Waals surface area contributed by atoms with Gasteiger partial charge in [-0.1, -0.05) is 12.1 Å². The second-order valence-electron chi connectivity index (χ2n) is 4.67. The summed E-state index contributed by atoms with van der Waals surface area (Å²) in [6, 6.07) is 12.9. The summed E-state index contributed by atoms with van der Waals surface area (Å²) in [7, 11) is 4.80. The summed E-state index contributed by atoms with van der Waals surface area (Å²) >= 11 is 5.22. The first-order valence-corrected chi connectivity index (χ1v) is 7.53. The van der Waals surface area contributed by atoms with E-state index in [0.717, 1.165) is 11.3 Å². The van der Waals surface area contributed by atoms with Crippen LogP contribution in [0.5, 0.6) is 17.2 Å². The van der Waals surface area contributed by atoms with Gasteiger partial charge in [-0.15, -0.1) is 0 Å². The summed E-state index contributed by atoms with van der Waals surface area (Å²) in [5.41, 5.74) is 4.34. The van der Waals surface area contributed by atoms with Crippen molar-refractivity contribution in [3.63, 3.8) is 0 Å². The molecule has 126 valence electrons. The molecule has 0 bridgehead atoms. The number of nitrogens with one attached hydrogen (secondary N) is 2. The Morgan fingerprint density at radius 3 is 2.29 bits per heavy atom. The van der Waals surface area contributed by atoms with Crippen molar-refractivity contribution < 1.29 is 14.2 Å². The van der Waals surface area contributed by atoms with Crippen LogP contribution in [0.3, 0.4) is 0 Å². The minimum absolute atomic E-state index is 0.352. The number of benzene rings is 2. The molecule has 0 aromatic heterocycles. The topological polar surface area (TPSA) is 64.1 Å². The lowest BCUT2D eigenvalue weighted by Gasteiger charge is -2.10. The van der Waals surface area contributed by atoms with Crippen LogP contribution in [-0.4, -0.2) is 32.7 Å². The first-order valence-electron chi connectivity index (χ1n) is 7.12. The summed E-state index contributed by atoms with van der Waals surface area (Å²) < 4.78 is 15.7. The Morgan fingerprint density at radius 2 is 1.67 bits per heavy atom. The molecule has 2 N–H and O–H groups in total. The van der Waals surface area contributed by atoms with Crippen molar-refractivity contribution in [1.82, 2.24) is 5.43 Å². The minimum Gasteiger partial charge on any atom is -0.497 e. The van der Waals surface area contributed by atoms with E-state index in [1.807, 2.05) is 36.4 Å². The third kappa shape index (κ3) is 4.85. The molecule has 24 heavy (non-hydrogen) atoms. The van der Waals surface area contributed by atoms with E-state index in [-0.39, 0.29) is 0 Å². The largest absolute Gasteiger partial charge is 0.497 e. The van der Waals surface area contributed by atoms with Gasteiger partial charge >= 0.3 is 0 Å². The normalized spacial score (nSPS) is 10.3. The molecule has 2 aromatic carbocycles. The Balaban J connectivity index is 1.99. The third-order valence-electron chi connectivity index (χ3n) is 3.11. The molecule has 2 aromatic rings. The van der Waals surface area contributed by atoms with Crippen LogP contribution in [0, 0.1) is 0 Å². The van der Waals surface area contributed by atoms with E-state index < -0.39 is 0 Å². The predicted molar refractivity (Wildman–Crippen MR) is 99.5 cm³/mol. The molecule has 0 heterocycles. The number of hydrazone groups is 1. The monoisotopic (exact) mass is 345 g/mol. The average Bonchev–Trinajstić information content (AvgIpc) is 2.61. The molecular formula is C17H19N3O3S. The molecule has 0 spiro atoms. The summed E-state index contributed by atoms with van der Waals surface area (Å²) in [6.07, 6.45) is 1.63. The standard InChI is InChI=1S/C17H19N3O3S/c1-21-13-8-12(9-14(10-13)22-2)11-18-20-17(24)19-15-6-4-5-7-16(15)23-3/h4-11H,1-3H3,(H2,19,20,24)/b18-11+. The van der Waals surface area contributed by atoms with Gasteiger partial charge in [0.2, 0.25) is 0 Å². The van der Waals surface area contributed by atoms with Crippen molar-refractivity contribution in [2.24, 2.45) is 5.10 Å². The molecular weight excluding hydrogens is 326 g/mol. The van der Waals surface area contributed by atoms with Gasteiger partial charge < -0.3 is 19.5 Å². The fourth-order valence-corrected chi connectivity index (χ4v) is 2.13. The summed E-state index contributed by atoms with van der Waals surface area (Å²) in [4.78, 5) is 0. The fraction of sp³-hybridized carbons (Fsp3) is 0.176. The number of thiocarbonyl (C=S) groups is 1. The van der Waals surface area contributed by atoms with E-state index in [1.54, 1.807) is 33.6 Å². The van der Waals surface area contributed by atoms with Crippen LogP contribution in [0.4, 0.5) is 5.69 Å². The third-order valence-corrected chi connectivity index (χ3v) is 3.30. The maximum absolute atomic E-state index is 5.25. The van der Waals surface area contributed by atoms with Crippen LogP contribution in [0.1, 0.15) is 5.56 Å². The summed E-state index contributed by atoms with van der Waals surface area (Å²) in [5, 5.41) is 7.49. The second-order valence-corrected chi connectivity index (χ2v) is 5.08. The molecule has 0 unspecified atom stereocenters. The fourth-order valence-electron chi connectivity index (χ4n) is 1.97. The number of anilines is 1. The van der Waals surface area contributed by atoms with E-state index in [4.69, 9.17) is 26.4 Å². The van der Waals surface area contributed by atoms with Gasteiger partial charge in [0.25, 0.3) is 0 Å². The molecule has 0 amide bonds. The van der Waals surface area contributed by atoms with Crippen LogP contribution in [0.25, 0.3) is 0 Å². The van der Waals surface area contributed by atoms with E-state index in [1.165, 1.54) is 0 Å². The van der Waals surface area contributed by atoms with Crippen molar-refractivity contribution >= 4 is 29.2 Å². The van der Waals surface area contributed by atoms with Gasteiger partial charge in [0.05, 0.1) is 33.2 Å². The maximum atomic E-state index is 5.25. The quantitative estimate of drug-likeness (QED) is 0.477.